The Labute approximate surface area is 159 Å². The maximum atomic E-state index is 5.38. The summed E-state index contributed by atoms with van der Waals surface area (Å²) in [5.74, 6) is 2.21. The maximum Gasteiger partial charge on any atom is 0.237 e. The van der Waals surface area contributed by atoms with Crippen molar-refractivity contribution >= 4 is 11.8 Å². The molecule has 4 aromatic rings. The number of ether oxygens (including phenoxy) is 1. The van der Waals surface area contributed by atoms with E-state index in [1.807, 2.05) is 55.5 Å². The smallest absolute Gasteiger partial charge is 0.237 e. The summed E-state index contributed by atoms with van der Waals surface area (Å²) in [4.78, 5) is 4.44. The zero-order valence-corrected chi connectivity index (χ0v) is 15.6. The standard InChI is InChI=1S/C18H16N6O2S/c1-12-7-9-13(10-8-12)17-19-16(26-21-17)11-27-18-20-22-23-24(18)14-5-3-4-6-15(14)25-2/h3-10H,11H2,1-2H3. The van der Waals surface area contributed by atoms with Crippen LogP contribution in [0.5, 0.6) is 5.75 Å². The predicted octanol–water partition coefficient (Wildman–Crippen LogP) is 3.32. The van der Waals surface area contributed by atoms with Gasteiger partial charge in [-0.05, 0) is 29.5 Å². The highest BCUT2D eigenvalue weighted by Gasteiger charge is 2.15. The van der Waals surface area contributed by atoms with E-state index in [-0.39, 0.29) is 0 Å². The average Bonchev–Trinajstić information content (AvgIpc) is 3.36. The van der Waals surface area contributed by atoms with E-state index < -0.39 is 0 Å². The topological polar surface area (TPSA) is 91.8 Å². The molecule has 0 radical (unpaired) electrons. The summed E-state index contributed by atoms with van der Waals surface area (Å²) in [7, 11) is 1.61. The normalized spacial score (nSPS) is 10.9. The Morgan fingerprint density at radius 1 is 1.11 bits per heavy atom. The molecule has 0 aliphatic heterocycles. The molecule has 0 saturated heterocycles. The summed E-state index contributed by atoms with van der Waals surface area (Å²) in [6.45, 7) is 2.04. The quantitative estimate of drug-likeness (QED) is 0.470. The second-order valence-corrected chi connectivity index (χ2v) is 6.65. The summed E-state index contributed by atoms with van der Waals surface area (Å²) in [6, 6.07) is 15.5. The number of aromatic nitrogens is 6. The zero-order chi connectivity index (χ0) is 18.6. The summed E-state index contributed by atoms with van der Waals surface area (Å²) in [5.41, 5.74) is 2.86. The van der Waals surface area contributed by atoms with Gasteiger partial charge in [0.25, 0.3) is 0 Å². The molecule has 0 bridgehead atoms. The molecular formula is C18H16N6O2S. The van der Waals surface area contributed by atoms with Gasteiger partial charge in [-0.3, -0.25) is 0 Å². The number of hydrogen-bond donors (Lipinski definition) is 0. The van der Waals surface area contributed by atoms with Gasteiger partial charge in [0.2, 0.25) is 16.9 Å². The number of aryl methyl sites for hydroxylation is 1. The van der Waals surface area contributed by atoms with Crippen molar-refractivity contribution in [1.82, 2.24) is 30.3 Å². The summed E-state index contributed by atoms with van der Waals surface area (Å²) < 4.78 is 12.4. The molecule has 8 nitrogen and oxygen atoms in total. The molecule has 0 saturated carbocycles. The van der Waals surface area contributed by atoms with E-state index in [1.165, 1.54) is 17.3 Å². The molecule has 0 N–H and O–H groups in total. The lowest BCUT2D eigenvalue weighted by atomic mass is 10.1. The minimum atomic E-state index is 0.453. The van der Waals surface area contributed by atoms with E-state index in [1.54, 1.807) is 11.8 Å². The van der Waals surface area contributed by atoms with Crippen LogP contribution >= 0.6 is 11.8 Å². The molecule has 0 aliphatic carbocycles. The fourth-order valence-corrected chi connectivity index (χ4v) is 3.21. The molecule has 0 spiro atoms. The SMILES string of the molecule is COc1ccccc1-n1nnnc1SCc1nc(-c2ccc(C)cc2)no1. The number of tetrazole rings is 1. The van der Waals surface area contributed by atoms with E-state index in [0.29, 0.717) is 28.4 Å². The number of benzene rings is 2. The van der Waals surface area contributed by atoms with Crippen molar-refractivity contribution in [3.8, 4) is 22.8 Å². The summed E-state index contributed by atoms with van der Waals surface area (Å²) in [5, 5.41) is 16.6. The first kappa shape index (κ1) is 17.2. The van der Waals surface area contributed by atoms with Crippen LogP contribution in [0.3, 0.4) is 0 Å². The molecule has 0 amide bonds. The number of methoxy groups -OCH3 is 1. The Morgan fingerprint density at radius 2 is 1.93 bits per heavy atom. The minimum absolute atomic E-state index is 0.453. The largest absolute Gasteiger partial charge is 0.494 e. The highest BCUT2D eigenvalue weighted by atomic mass is 32.2. The van der Waals surface area contributed by atoms with Gasteiger partial charge in [-0.25, -0.2) is 0 Å². The average molecular weight is 380 g/mol. The van der Waals surface area contributed by atoms with Crippen LogP contribution in [0.25, 0.3) is 17.1 Å². The third-order valence-corrected chi connectivity index (χ3v) is 4.76. The van der Waals surface area contributed by atoms with Gasteiger partial charge in [0.1, 0.15) is 11.4 Å². The molecule has 2 heterocycles. The Morgan fingerprint density at radius 3 is 2.74 bits per heavy atom. The minimum Gasteiger partial charge on any atom is -0.494 e. The van der Waals surface area contributed by atoms with Gasteiger partial charge < -0.3 is 9.26 Å². The van der Waals surface area contributed by atoms with Gasteiger partial charge >= 0.3 is 0 Å². The number of para-hydroxylation sites is 2. The first-order valence-electron chi connectivity index (χ1n) is 8.19. The second kappa shape index (κ2) is 7.58. The van der Waals surface area contributed by atoms with E-state index in [2.05, 4.69) is 25.7 Å². The van der Waals surface area contributed by atoms with E-state index in [9.17, 15) is 0 Å². The third-order valence-electron chi connectivity index (χ3n) is 3.86. The third kappa shape index (κ3) is 3.68. The van der Waals surface area contributed by atoms with Gasteiger partial charge in [-0.2, -0.15) is 9.67 Å². The van der Waals surface area contributed by atoms with Crippen molar-refractivity contribution in [3.63, 3.8) is 0 Å². The van der Waals surface area contributed by atoms with Crippen molar-refractivity contribution in [2.75, 3.05) is 7.11 Å². The second-order valence-electron chi connectivity index (χ2n) is 5.71. The van der Waals surface area contributed by atoms with Gasteiger partial charge in [0.05, 0.1) is 12.9 Å². The lowest BCUT2D eigenvalue weighted by Gasteiger charge is -2.08. The first-order chi connectivity index (χ1) is 13.2. The summed E-state index contributed by atoms with van der Waals surface area (Å²) >= 11 is 1.41. The van der Waals surface area contributed by atoms with Crippen LogP contribution in [0, 0.1) is 6.92 Å². The number of rotatable bonds is 6. The molecule has 0 unspecified atom stereocenters. The van der Waals surface area contributed by atoms with E-state index >= 15 is 0 Å². The van der Waals surface area contributed by atoms with Crippen LogP contribution in [0.4, 0.5) is 0 Å². The molecule has 4 rings (SSSR count). The number of hydrogen-bond acceptors (Lipinski definition) is 8. The van der Waals surface area contributed by atoms with Crippen LogP contribution in [0.1, 0.15) is 11.5 Å². The fourth-order valence-electron chi connectivity index (χ4n) is 2.48. The Kier molecular flexibility index (Phi) is 4.84. The summed E-state index contributed by atoms with van der Waals surface area (Å²) in [6.07, 6.45) is 0. The first-order valence-corrected chi connectivity index (χ1v) is 9.17. The molecule has 0 fully saturated rings. The van der Waals surface area contributed by atoms with Crippen molar-refractivity contribution in [2.45, 2.75) is 17.8 Å². The molecular weight excluding hydrogens is 364 g/mol. The Balaban J connectivity index is 1.51. The fraction of sp³-hybridized carbons (Fsp3) is 0.167. The predicted molar refractivity (Wildman–Crippen MR) is 99.7 cm³/mol. The van der Waals surface area contributed by atoms with Crippen molar-refractivity contribution in [1.29, 1.82) is 0 Å². The number of nitrogens with zero attached hydrogens (tertiary/aromatic N) is 6. The van der Waals surface area contributed by atoms with E-state index in [0.717, 1.165) is 11.3 Å². The molecule has 0 atom stereocenters. The Hall–Kier alpha value is -3.20. The molecule has 27 heavy (non-hydrogen) atoms. The maximum absolute atomic E-state index is 5.38. The zero-order valence-electron chi connectivity index (χ0n) is 14.7. The van der Waals surface area contributed by atoms with Crippen LogP contribution in [-0.2, 0) is 5.75 Å². The Bertz CT molecular complexity index is 1040. The van der Waals surface area contributed by atoms with Gasteiger partial charge in [-0.15, -0.1) is 5.10 Å². The highest BCUT2D eigenvalue weighted by molar-refractivity contribution is 7.98. The molecule has 136 valence electrons. The molecule has 2 aromatic carbocycles. The monoisotopic (exact) mass is 380 g/mol. The number of thioether (sulfide) groups is 1. The van der Waals surface area contributed by atoms with Crippen molar-refractivity contribution in [3.05, 3.63) is 60.0 Å². The molecule has 2 aromatic heterocycles. The van der Waals surface area contributed by atoms with Gasteiger partial charge in [0.15, 0.2) is 0 Å². The van der Waals surface area contributed by atoms with Crippen LogP contribution in [0.15, 0.2) is 58.2 Å². The van der Waals surface area contributed by atoms with Crippen molar-refractivity contribution < 1.29 is 9.26 Å². The van der Waals surface area contributed by atoms with E-state index in [4.69, 9.17) is 9.26 Å². The van der Waals surface area contributed by atoms with Crippen molar-refractivity contribution in [2.24, 2.45) is 0 Å². The lowest BCUT2D eigenvalue weighted by molar-refractivity contribution is 0.391. The molecule has 9 heteroatoms. The molecule has 0 aliphatic rings. The van der Waals surface area contributed by atoms with Crippen LogP contribution < -0.4 is 4.74 Å². The van der Waals surface area contributed by atoms with Gasteiger partial charge in [0, 0.05) is 5.56 Å². The van der Waals surface area contributed by atoms with Gasteiger partial charge in [-0.1, -0.05) is 58.9 Å². The highest BCUT2D eigenvalue weighted by Crippen LogP contribution is 2.27. The van der Waals surface area contributed by atoms with Crippen LogP contribution in [0.2, 0.25) is 0 Å². The van der Waals surface area contributed by atoms with Crippen LogP contribution in [-0.4, -0.2) is 37.5 Å². The lowest BCUT2D eigenvalue weighted by Crippen LogP contribution is -2.01.